The van der Waals surface area contributed by atoms with E-state index in [0.717, 1.165) is 38.0 Å². The molecule has 1 aliphatic rings. The van der Waals surface area contributed by atoms with Crippen LogP contribution in [-0.2, 0) is 21.7 Å². The van der Waals surface area contributed by atoms with Gasteiger partial charge in [-0.2, -0.15) is 0 Å². The van der Waals surface area contributed by atoms with Crippen LogP contribution in [0.2, 0.25) is 0 Å². The second-order valence-corrected chi connectivity index (χ2v) is 8.57. The molecule has 1 aliphatic heterocycles. The molecule has 1 fully saturated rings. The van der Waals surface area contributed by atoms with E-state index in [1.807, 2.05) is 30.3 Å². The Balaban J connectivity index is 1.86. The molecule has 32 heavy (non-hydrogen) atoms. The number of nitrogens with one attached hydrogen (secondary N) is 1. The summed E-state index contributed by atoms with van der Waals surface area (Å²) in [5.41, 5.74) is 8.60. The number of amides is 2. The molecule has 0 aromatic heterocycles. The van der Waals surface area contributed by atoms with Crippen LogP contribution in [0.25, 0.3) is 0 Å². The topological polar surface area (TPSA) is 91.0 Å². The van der Waals surface area contributed by atoms with E-state index in [4.69, 9.17) is 10.7 Å². The highest BCUT2D eigenvalue weighted by molar-refractivity contribution is 5.95. The molecule has 0 radical (unpaired) electrons. The molecule has 1 unspecified atom stereocenters. The van der Waals surface area contributed by atoms with Gasteiger partial charge in [0.25, 0.3) is 0 Å². The molecule has 0 spiro atoms. The van der Waals surface area contributed by atoms with Crippen molar-refractivity contribution in [2.45, 2.75) is 38.8 Å². The molecule has 3 N–H and O–H groups in total. The van der Waals surface area contributed by atoms with E-state index in [2.05, 4.69) is 41.4 Å². The van der Waals surface area contributed by atoms with Gasteiger partial charge in [0.2, 0.25) is 12.3 Å². The largest absolute Gasteiger partial charge is 0.369 e. The summed E-state index contributed by atoms with van der Waals surface area (Å²) < 4.78 is 0. The van der Waals surface area contributed by atoms with Gasteiger partial charge in [0.1, 0.15) is 0 Å². The third kappa shape index (κ3) is 5.53. The summed E-state index contributed by atoms with van der Waals surface area (Å²) in [5.74, 6) is 0.267. The zero-order chi connectivity index (χ0) is 23.1. The number of piperidine rings is 1. The Morgan fingerprint density at radius 2 is 1.91 bits per heavy atom. The normalized spacial score (nSPS) is 17.4. The Bertz CT molecular complexity index is 954. The SMILES string of the molecule is CC(=O)N(C)C(N)=NC(C)(c1cccc(NC=O)c1)C1CCN(Cc2ccccc2)CC1. The third-order valence-corrected chi connectivity index (χ3v) is 6.47. The van der Waals surface area contributed by atoms with Gasteiger partial charge in [-0.3, -0.25) is 19.4 Å². The van der Waals surface area contributed by atoms with Gasteiger partial charge in [-0.25, -0.2) is 4.99 Å². The molecule has 7 heteroatoms. The molecule has 2 aromatic carbocycles. The number of hydrogen-bond donors (Lipinski definition) is 2. The summed E-state index contributed by atoms with van der Waals surface area (Å²) in [6.45, 7) is 6.39. The van der Waals surface area contributed by atoms with Crippen LogP contribution in [0.4, 0.5) is 5.69 Å². The van der Waals surface area contributed by atoms with E-state index in [1.165, 1.54) is 17.4 Å². The first-order valence-corrected chi connectivity index (χ1v) is 11.0. The van der Waals surface area contributed by atoms with Crippen LogP contribution < -0.4 is 11.1 Å². The minimum atomic E-state index is -0.632. The Hall–Kier alpha value is -3.19. The van der Waals surface area contributed by atoms with Gasteiger partial charge in [-0.15, -0.1) is 0 Å². The zero-order valence-corrected chi connectivity index (χ0v) is 19.1. The van der Waals surface area contributed by atoms with Crippen molar-refractivity contribution in [1.82, 2.24) is 9.80 Å². The summed E-state index contributed by atoms with van der Waals surface area (Å²) >= 11 is 0. The van der Waals surface area contributed by atoms with Gasteiger partial charge in [-0.1, -0.05) is 42.5 Å². The van der Waals surface area contributed by atoms with Crippen molar-refractivity contribution < 1.29 is 9.59 Å². The van der Waals surface area contributed by atoms with Crippen molar-refractivity contribution in [3.63, 3.8) is 0 Å². The van der Waals surface area contributed by atoms with Gasteiger partial charge >= 0.3 is 0 Å². The monoisotopic (exact) mass is 435 g/mol. The number of benzene rings is 2. The van der Waals surface area contributed by atoms with E-state index < -0.39 is 5.54 Å². The van der Waals surface area contributed by atoms with Crippen molar-refractivity contribution in [1.29, 1.82) is 0 Å². The van der Waals surface area contributed by atoms with E-state index in [0.29, 0.717) is 12.1 Å². The smallest absolute Gasteiger partial charge is 0.225 e. The number of likely N-dealkylation sites (tertiary alicyclic amines) is 1. The predicted molar refractivity (Wildman–Crippen MR) is 128 cm³/mol. The molecule has 3 rings (SSSR count). The lowest BCUT2D eigenvalue weighted by molar-refractivity contribution is -0.124. The number of hydrogen-bond acceptors (Lipinski definition) is 4. The van der Waals surface area contributed by atoms with Crippen LogP contribution in [0, 0.1) is 5.92 Å². The summed E-state index contributed by atoms with van der Waals surface area (Å²) in [4.78, 5) is 31.5. The van der Waals surface area contributed by atoms with Crippen LogP contribution in [-0.4, -0.2) is 48.2 Å². The maximum Gasteiger partial charge on any atom is 0.225 e. The van der Waals surface area contributed by atoms with Crippen LogP contribution in [0.5, 0.6) is 0 Å². The van der Waals surface area contributed by atoms with Gasteiger partial charge in [0.15, 0.2) is 5.96 Å². The number of carbonyl (C=O) groups excluding carboxylic acids is 2. The van der Waals surface area contributed by atoms with E-state index >= 15 is 0 Å². The highest BCUT2D eigenvalue weighted by atomic mass is 16.2. The van der Waals surface area contributed by atoms with E-state index in [9.17, 15) is 9.59 Å². The first kappa shape index (κ1) is 23.5. The third-order valence-electron chi connectivity index (χ3n) is 6.47. The Labute approximate surface area is 190 Å². The standard InChI is InChI=1S/C25H33N5O2/c1-19(32)29(3)24(26)28-25(2,22-10-7-11-23(16-22)27-18-31)21-12-14-30(15-13-21)17-20-8-5-4-6-9-20/h4-11,16,18,21H,12-15,17H2,1-3H3,(H2,26,28)(H,27,31). The average molecular weight is 436 g/mol. The number of guanidine groups is 1. The van der Waals surface area contributed by atoms with Crippen molar-refractivity contribution >= 4 is 24.0 Å². The fraction of sp³-hybridized carbons (Fsp3) is 0.400. The molecule has 2 aromatic rings. The van der Waals surface area contributed by atoms with Crippen LogP contribution in [0.3, 0.4) is 0 Å². The molecular weight excluding hydrogens is 402 g/mol. The highest BCUT2D eigenvalue weighted by Crippen LogP contribution is 2.41. The quantitative estimate of drug-likeness (QED) is 0.397. The fourth-order valence-electron chi connectivity index (χ4n) is 4.35. The van der Waals surface area contributed by atoms with Crippen LogP contribution >= 0.6 is 0 Å². The molecule has 170 valence electrons. The van der Waals surface area contributed by atoms with Gasteiger partial charge in [0.05, 0.1) is 5.54 Å². The number of carbonyl (C=O) groups is 2. The lowest BCUT2D eigenvalue weighted by atomic mass is 9.75. The van der Waals surface area contributed by atoms with Crippen molar-refractivity contribution in [3.05, 3.63) is 65.7 Å². The summed E-state index contributed by atoms with van der Waals surface area (Å²) in [6.07, 6.45) is 2.57. The van der Waals surface area contributed by atoms with Crippen molar-refractivity contribution in [3.8, 4) is 0 Å². The molecule has 0 bridgehead atoms. The van der Waals surface area contributed by atoms with Crippen molar-refractivity contribution in [2.24, 2.45) is 16.6 Å². The minimum Gasteiger partial charge on any atom is -0.369 e. The molecule has 1 heterocycles. The fourth-order valence-corrected chi connectivity index (χ4v) is 4.35. The second kappa shape index (κ2) is 10.4. The Morgan fingerprint density at radius 1 is 1.22 bits per heavy atom. The van der Waals surface area contributed by atoms with Crippen LogP contribution in [0.15, 0.2) is 59.6 Å². The molecule has 7 nitrogen and oxygen atoms in total. The maximum atomic E-state index is 11.8. The number of aliphatic imine (C=N–C) groups is 1. The minimum absolute atomic E-state index is 0.164. The van der Waals surface area contributed by atoms with E-state index in [-0.39, 0.29) is 17.8 Å². The Kier molecular flexibility index (Phi) is 7.64. The molecular formula is C25H33N5O2. The highest BCUT2D eigenvalue weighted by Gasteiger charge is 2.38. The number of rotatable bonds is 7. The maximum absolute atomic E-state index is 11.8. The number of anilines is 1. The molecule has 0 aliphatic carbocycles. The molecule has 1 atom stereocenters. The molecule has 0 saturated carbocycles. The second-order valence-electron chi connectivity index (χ2n) is 8.57. The predicted octanol–water partition coefficient (Wildman–Crippen LogP) is 3.18. The lowest BCUT2D eigenvalue weighted by Gasteiger charge is -2.41. The first-order valence-electron chi connectivity index (χ1n) is 11.0. The molecule has 2 amide bonds. The average Bonchev–Trinajstić information content (AvgIpc) is 2.80. The van der Waals surface area contributed by atoms with Gasteiger partial charge < -0.3 is 11.1 Å². The summed E-state index contributed by atoms with van der Waals surface area (Å²) in [5, 5.41) is 2.72. The van der Waals surface area contributed by atoms with Crippen LogP contribution in [0.1, 0.15) is 37.8 Å². The van der Waals surface area contributed by atoms with E-state index in [1.54, 1.807) is 7.05 Å². The lowest BCUT2D eigenvalue weighted by Crippen LogP contribution is -2.44. The van der Waals surface area contributed by atoms with Gasteiger partial charge in [0, 0.05) is 26.2 Å². The van der Waals surface area contributed by atoms with Crippen molar-refractivity contribution in [2.75, 3.05) is 25.5 Å². The molecule has 1 saturated heterocycles. The summed E-state index contributed by atoms with van der Waals surface area (Å²) in [7, 11) is 1.63. The Morgan fingerprint density at radius 3 is 2.53 bits per heavy atom. The number of nitrogens with two attached hydrogens (primary N) is 1. The number of nitrogens with zero attached hydrogens (tertiary/aromatic N) is 3. The van der Waals surface area contributed by atoms with Gasteiger partial charge in [-0.05, 0) is 62.0 Å². The zero-order valence-electron chi connectivity index (χ0n) is 19.1. The first-order chi connectivity index (χ1) is 15.3. The summed E-state index contributed by atoms with van der Waals surface area (Å²) in [6, 6.07) is 18.2.